The van der Waals surface area contributed by atoms with E-state index in [0.29, 0.717) is 43.1 Å². The highest BCUT2D eigenvalue weighted by Crippen LogP contribution is 2.32. The van der Waals surface area contributed by atoms with Crippen molar-refractivity contribution < 1.29 is 19.4 Å². The summed E-state index contributed by atoms with van der Waals surface area (Å²) < 4.78 is 10.5. The van der Waals surface area contributed by atoms with Crippen LogP contribution < -0.4 is 14.8 Å². The lowest BCUT2D eigenvalue weighted by molar-refractivity contribution is -0.118. The average Bonchev–Trinajstić information content (AvgIpc) is 2.70. The molecular weight excluding hydrogens is 346 g/mol. The average molecular weight is 371 g/mol. The summed E-state index contributed by atoms with van der Waals surface area (Å²) in [5, 5.41) is 13.7. The molecule has 0 spiro atoms. The fourth-order valence-corrected chi connectivity index (χ4v) is 3.31. The molecule has 2 N–H and O–H groups in total. The molecule has 0 saturated carbocycles. The number of hydrogen-bond acceptors (Lipinski definition) is 6. The van der Waals surface area contributed by atoms with E-state index in [2.05, 4.69) is 10.3 Å². The number of benzene rings is 1. The Balaban J connectivity index is 1.57. The maximum atomic E-state index is 12.5. The molecule has 0 atom stereocenters. The first-order chi connectivity index (χ1) is 13.0. The number of hydrogen-bond donors (Lipinski definition) is 2. The van der Waals surface area contributed by atoms with Crippen molar-refractivity contribution in [2.45, 2.75) is 18.4 Å². The van der Waals surface area contributed by atoms with E-state index in [9.17, 15) is 9.90 Å². The molecule has 2 heterocycles. The molecule has 27 heavy (non-hydrogen) atoms. The number of piperidine rings is 1. The Morgan fingerprint density at radius 2 is 2.04 bits per heavy atom. The van der Waals surface area contributed by atoms with E-state index in [1.54, 1.807) is 44.8 Å². The number of aromatic nitrogens is 1. The summed E-state index contributed by atoms with van der Waals surface area (Å²) in [6.07, 6.45) is 4.53. The van der Waals surface area contributed by atoms with Crippen LogP contribution in [0.1, 0.15) is 18.4 Å². The number of pyridine rings is 1. The molecule has 1 aromatic carbocycles. The largest absolute Gasteiger partial charge is 0.497 e. The van der Waals surface area contributed by atoms with Crippen molar-refractivity contribution in [2.24, 2.45) is 0 Å². The molecule has 144 valence electrons. The molecule has 3 rings (SSSR count). The third-order valence-corrected chi connectivity index (χ3v) is 4.93. The normalized spacial score (nSPS) is 16.6. The Bertz CT molecular complexity index is 774. The zero-order chi connectivity index (χ0) is 19.3. The van der Waals surface area contributed by atoms with E-state index in [1.165, 1.54) is 0 Å². The van der Waals surface area contributed by atoms with Gasteiger partial charge >= 0.3 is 0 Å². The number of anilines is 1. The SMILES string of the molecule is COc1ccc(OC)c(NC(=O)CN2CCC(O)(c3cccnc3)CC2)c1. The predicted octanol–water partition coefficient (Wildman–Crippen LogP) is 2.02. The van der Waals surface area contributed by atoms with Crippen molar-refractivity contribution in [3.63, 3.8) is 0 Å². The van der Waals surface area contributed by atoms with Crippen LogP contribution in [0.4, 0.5) is 5.69 Å². The molecule has 7 heteroatoms. The van der Waals surface area contributed by atoms with Crippen LogP contribution in [0.2, 0.25) is 0 Å². The van der Waals surface area contributed by atoms with Gasteiger partial charge in [0, 0.05) is 37.1 Å². The first-order valence-electron chi connectivity index (χ1n) is 8.91. The second kappa shape index (κ2) is 8.37. The molecule has 1 saturated heterocycles. The second-order valence-corrected chi connectivity index (χ2v) is 6.66. The highest BCUT2D eigenvalue weighted by molar-refractivity contribution is 5.94. The Morgan fingerprint density at radius 1 is 1.26 bits per heavy atom. The van der Waals surface area contributed by atoms with Crippen LogP contribution >= 0.6 is 0 Å². The van der Waals surface area contributed by atoms with Gasteiger partial charge in [-0.15, -0.1) is 0 Å². The molecule has 1 aliphatic heterocycles. The predicted molar refractivity (Wildman–Crippen MR) is 102 cm³/mol. The highest BCUT2D eigenvalue weighted by Gasteiger charge is 2.34. The summed E-state index contributed by atoms with van der Waals surface area (Å²) in [6, 6.07) is 8.98. The van der Waals surface area contributed by atoms with Crippen molar-refractivity contribution in [3.05, 3.63) is 48.3 Å². The number of aliphatic hydroxyl groups is 1. The standard InChI is InChI=1S/C20H25N3O4/c1-26-16-5-6-18(27-2)17(12-16)22-19(24)14-23-10-7-20(25,8-11-23)15-4-3-9-21-13-15/h3-6,9,12-13,25H,7-8,10-11,14H2,1-2H3,(H,22,24). The van der Waals surface area contributed by atoms with Crippen molar-refractivity contribution in [3.8, 4) is 11.5 Å². The Morgan fingerprint density at radius 3 is 2.67 bits per heavy atom. The first kappa shape index (κ1) is 19.1. The molecule has 2 aromatic rings. The van der Waals surface area contributed by atoms with Crippen LogP contribution in [0.5, 0.6) is 11.5 Å². The number of likely N-dealkylation sites (tertiary alicyclic amines) is 1. The highest BCUT2D eigenvalue weighted by atomic mass is 16.5. The maximum Gasteiger partial charge on any atom is 0.238 e. The second-order valence-electron chi connectivity index (χ2n) is 6.66. The van der Waals surface area contributed by atoms with E-state index in [-0.39, 0.29) is 12.5 Å². The van der Waals surface area contributed by atoms with E-state index < -0.39 is 5.60 Å². The van der Waals surface area contributed by atoms with Gasteiger partial charge in [0.25, 0.3) is 0 Å². The van der Waals surface area contributed by atoms with Crippen LogP contribution in [-0.2, 0) is 10.4 Å². The van der Waals surface area contributed by atoms with E-state index in [0.717, 1.165) is 5.56 Å². The lowest BCUT2D eigenvalue weighted by Crippen LogP contribution is -2.45. The van der Waals surface area contributed by atoms with Gasteiger partial charge in [-0.05, 0) is 31.0 Å². The zero-order valence-corrected chi connectivity index (χ0v) is 15.6. The third kappa shape index (κ3) is 4.56. The van der Waals surface area contributed by atoms with Gasteiger partial charge in [-0.3, -0.25) is 14.7 Å². The monoisotopic (exact) mass is 371 g/mol. The third-order valence-electron chi connectivity index (χ3n) is 4.93. The minimum atomic E-state index is -0.878. The Kier molecular flexibility index (Phi) is 5.93. The molecule has 1 amide bonds. The lowest BCUT2D eigenvalue weighted by atomic mass is 9.85. The number of carbonyl (C=O) groups excluding carboxylic acids is 1. The zero-order valence-electron chi connectivity index (χ0n) is 15.6. The van der Waals surface area contributed by atoms with Gasteiger partial charge in [0.05, 0.1) is 32.1 Å². The molecule has 1 fully saturated rings. The molecule has 1 aliphatic rings. The van der Waals surface area contributed by atoms with Gasteiger partial charge in [0.15, 0.2) is 0 Å². The molecule has 1 aromatic heterocycles. The summed E-state index contributed by atoms with van der Waals surface area (Å²) in [7, 11) is 3.13. The summed E-state index contributed by atoms with van der Waals surface area (Å²) in [6.45, 7) is 1.52. The van der Waals surface area contributed by atoms with Crippen LogP contribution in [0.3, 0.4) is 0 Å². The van der Waals surface area contributed by atoms with Gasteiger partial charge in [-0.25, -0.2) is 0 Å². The van der Waals surface area contributed by atoms with Crippen LogP contribution in [0, 0.1) is 0 Å². The van der Waals surface area contributed by atoms with Crippen LogP contribution in [0.25, 0.3) is 0 Å². The Hall–Kier alpha value is -2.64. The molecule has 0 bridgehead atoms. The number of ether oxygens (including phenoxy) is 2. The lowest BCUT2D eigenvalue weighted by Gasteiger charge is -2.38. The van der Waals surface area contributed by atoms with Crippen molar-refractivity contribution in [2.75, 3.05) is 39.2 Å². The molecule has 0 unspecified atom stereocenters. The van der Waals surface area contributed by atoms with Gasteiger partial charge in [0.2, 0.25) is 5.91 Å². The van der Waals surface area contributed by atoms with Crippen molar-refractivity contribution in [1.82, 2.24) is 9.88 Å². The number of methoxy groups -OCH3 is 2. The number of nitrogens with zero attached hydrogens (tertiary/aromatic N) is 2. The summed E-state index contributed by atoms with van der Waals surface area (Å²) in [4.78, 5) is 18.6. The molecule has 7 nitrogen and oxygen atoms in total. The summed E-state index contributed by atoms with van der Waals surface area (Å²) in [5.74, 6) is 1.09. The minimum Gasteiger partial charge on any atom is -0.497 e. The quantitative estimate of drug-likeness (QED) is 0.808. The van der Waals surface area contributed by atoms with Gasteiger partial charge in [-0.1, -0.05) is 6.07 Å². The van der Waals surface area contributed by atoms with Gasteiger partial charge in [-0.2, -0.15) is 0 Å². The van der Waals surface area contributed by atoms with Crippen LogP contribution in [0.15, 0.2) is 42.7 Å². The number of amides is 1. The van der Waals surface area contributed by atoms with E-state index in [1.807, 2.05) is 17.0 Å². The van der Waals surface area contributed by atoms with Gasteiger partial charge in [0.1, 0.15) is 11.5 Å². The van der Waals surface area contributed by atoms with E-state index in [4.69, 9.17) is 9.47 Å². The van der Waals surface area contributed by atoms with E-state index >= 15 is 0 Å². The Labute approximate surface area is 158 Å². The fraction of sp³-hybridized carbons (Fsp3) is 0.400. The number of carbonyl (C=O) groups is 1. The molecular formula is C20H25N3O4. The maximum absolute atomic E-state index is 12.5. The van der Waals surface area contributed by atoms with Crippen molar-refractivity contribution in [1.29, 1.82) is 0 Å². The molecule has 0 radical (unpaired) electrons. The van der Waals surface area contributed by atoms with Gasteiger partial charge < -0.3 is 19.9 Å². The molecule has 0 aliphatic carbocycles. The van der Waals surface area contributed by atoms with Crippen LogP contribution in [-0.4, -0.2) is 54.8 Å². The minimum absolute atomic E-state index is 0.131. The topological polar surface area (TPSA) is 83.9 Å². The van der Waals surface area contributed by atoms with Crippen molar-refractivity contribution >= 4 is 11.6 Å². The summed E-state index contributed by atoms with van der Waals surface area (Å²) >= 11 is 0. The smallest absolute Gasteiger partial charge is 0.238 e. The number of nitrogens with one attached hydrogen (secondary N) is 1. The first-order valence-corrected chi connectivity index (χ1v) is 8.91. The summed E-state index contributed by atoms with van der Waals surface area (Å²) in [5.41, 5.74) is 0.526. The fourth-order valence-electron chi connectivity index (χ4n) is 3.31. The number of rotatable bonds is 6.